The Morgan fingerprint density at radius 3 is 2.38 bits per heavy atom. The zero-order chi connectivity index (χ0) is 12.2. The Hall–Kier alpha value is -0.570. The second-order valence-corrected chi connectivity index (χ2v) is 4.27. The van der Waals surface area contributed by atoms with Crippen molar-refractivity contribution in [1.82, 2.24) is 4.90 Å². The summed E-state index contributed by atoms with van der Waals surface area (Å²) >= 11 is 0. The van der Waals surface area contributed by atoms with E-state index in [1.807, 2.05) is 6.92 Å². The van der Waals surface area contributed by atoms with Gasteiger partial charge in [0.2, 0.25) is 0 Å². The molecule has 0 aliphatic carbocycles. The third kappa shape index (κ3) is 9.97. The van der Waals surface area contributed by atoms with Gasteiger partial charge in [-0.2, -0.15) is 0 Å². The molecule has 0 aromatic rings. The summed E-state index contributed by atoms with van der Waals surface area (Å²) in [5.41, 5.74) is 0. The maximum absolute atomic E-state index is 11.1. The van der Waals surface area contributed by atoms with E-state index in [0.717, 1.165) is 13.1 Å². The van der Waals surface area contributed by atoms with E-state index in [2.05, 4.69) is 18.9 Å². The maximum atomic E-state index is 11.1. The third-order valence-corrected chi connectivity index (χ3v) is 2.65. The average molecular weight is 229 g/mol. The van der Waals surface area contributed by atoms with E-state index in [4.69, 9.17) is 4.74 Å². The van der Waals surface area contributed by atoms with Gasteiger partial charge in [-0.15, -0.1) is 0 Å². The van der Waals surface area contributed by atoms with Crippen molar-refractivity contribution >= 4 is 5.97 Å². The van der Waals surface area contributed by atoms with E-state index < -0.39 is 0 Å². The molecular weight excluding hydrogens is 202 g/mol. The van der Waals surface area contributed by atoms with Crippen LogP contribution in [0.25, 0.3) is 0 Å². The molecule has 96 valence electrons. The Balaban J connectivity index is 3.30. The monoisotopic (exact) mass is 229 g/mol. The molecule has 3 heteroatoms. The van der Waals surface area contributed by atoms with E-state index in [1.165, 1.54) is 32.1 Å². The minimum Gasteiger partial charge on any atom is -0.466 e. The summed E-state index contributed by atoms with van der Waals surface area (Å²) in [6.45, 7) is 6.45. The summed E-state index contributed by atoms with van der Waals surface area (Å²) in [7, 11) is 2.07. The molecule has 0 amide bonds. The molecule has 0 unspecified atom stereocenters. The minimum absolute atomic E-state index is 0.0830. The largest absolute Gasteiger partial charge is 0.466 e. The summed E-state index contributed by atoms with van der Waals surface area (Å²) in [4.78, 5) is 13.3. The molecule has 0 spiro atoms. The highest BCUT2D eigenvalue weighted by molar-refractivity contribution is 5.69. The fourth-order valence-corrected chi connectivity index (χ4v) is 1.61. The first-order valence-electron chi connectivity index (χ1n) is 6.54. The van der Waals surface area contributed by atoms with E-state index in [0.29, 0.717) is 13.0 Å². The Bertz CT molecular complexity index is 171. The van der Waals surface area contributed by atoms with Crippen LogP contribution in [0.15, 0.2) is 0 Å². The van der Waals surface area contributed by atoms with Crippen molar-refractivity contribution < 1.29 is 9.53 Å². The molecule has 0 aliphatic rings. The molecule has 3 nitrogen and oxygen atoms in total. The second kappa shape index (κ2) is 10.9. The van der Waals surface area contributed by atoms with Crippen LogP contribution in [-0.4, -0.2) is 37.6 Å². The lowest BCUT2D eigenvalue weighted by Crippen LogP contribution is -2.23. The first-order valence-corrected chi connectivity index (χ1v) is 6.54. The number of esters is 1. The molecule has 0 saturated carbocycles. The van der Waals surface area contributed by atoms with Gasteiger partial charge in [0.05, 0.1) is 13.0 Å². The van der Waals surface area contributed by atoms with Crippen LogP contribution in [0.5, 0.6) is 0 Å². The Morgan fingerprint density at radius 2 is 1.75 bits per heavy atom. The molecule has 0 aromatic heterocycles. The molecule has 0 aromatic carbocycles. The average Bonchev–Trinajstić information content (AvgIpc) is 2.26. The summed E-state index contributed by atoms with van der Waals surface area (Å²) < 4.78 is 4.88. The van der Waals surface area contributed by atoms with Crippen LogP contribution >= 0.6 is 0 Å². The zero-order valence-corrected chi connectivity index (χ0v) is 11.1. The van der Waals surface area contributed by atoms with Crippen molar-refractivity contribution in [3.8, 4) is 0 Å². The SMILES string of the molecule is CCCCCCCN(C)CCC(=O)OCC. The van der Waals surface area contributed by atoms with Gasteiger partial charge in [0.15, 0.2) is 0 Å². The van der Waals surface area contributed by atoms with E-state index in [-0.39, 0.29) is 5.97 Å². The summed E-state index contributed by atoms with van der Waals surface area (Å²) in [5.74, 6) is -0.0830. The second-order valence-electron chi connectivity index (χ2n) is 4.27. The number of rotatable bonds is 10. The number of carbonyl (C=O) groups excluding carboxylic acids is 1. The predicted molar refractivity (Wildman–Crippen MR) is 67.5 cm³/mol. The molecule has 0 saturated heterocycles. The fraction of sp³-hybridized carbons (Fsp3) is 0.923. The van der Waals surface area contributed by atoms with Crippen molar-refractivity contribution in [2.24, 2.45) is 0 Å². The van der Waals surface area contributed by atoms with Crippen molar-refractivity contribution in [2.75, 3.05) is 26.7 Å². The Morgan fingerprint density at radius 1 is 1.06 bits per heavy atom. The lowest BCUT2D eigenvalue weighted by molar-refractivity contribution is -0.143. The molecule has 0 rings (SSSR count). The predicted octanol–water partition coefficient (Wildman–Crippen LogP) is 2.84. The highest BCUT2D eigenvalue weighted by Crippen LogP contribution is 2.03. The Labute approximate surface area is 100 Å². The van der Waals surface area contributed by atoms with Crippen LogP contribution in [0.3, 0.4) is 0 Å². The van der Waals surface area contributed by atoms with Gasteiger partial charge in [0.25, 0.3) is 0 Å². The van der Waals surface area contributed by atoms with Gasteiger partial charge in [-0.25, -0.2) is 0 Å². The van der Waals surface area contributed by atoms with Crippen LogP contribution in [0.4, 0.5) is 0 Å². The maximum Gasteiger partial charge on any atom is 0.307 e. The third-order valence-electron chi connectivity index (χ3n) is 2.65. The number of nitrogens with zero attached hydrogens (tertiary/aromatic N) is 1. The van der Waals surface area contributed by atoms with Crippen molar-refractivity contribution in [3.63, 3.8) is 0 Å². The number of ether oxygens (including phenoxy) is 1. The number of hydrogen-bond acceptors (Lipinski definition) is 3. The van der Waals surface area contributed by atoms with E-state index in [1.54, 1.807) is 0 Å². The van der Waals surface area contributed by atoms with Crippen LogP contribution in [-0.2, 0) is 9.53 Å². The summed E-state index contributed by atoms with van der Waals surface area (Å²) in [6, 6.07) is 0. The smallest absolute Gasteiger partial charge is 0.307 e. The van der Waals surface area contributed by atoms with Gasteiger partial charge in [0, 0.05) is 6.54 Å². The molecule has 0 bridgehead atoms. The van der Waals surface area contributed by atoms with E-state index in [9.17, 15) is 4.79 Å². The lowest BCUT2D eigenvalue weighted by atomic mass is 10.1. The first kappa shape index (κ1) is 15.4. The van der Waals surface area contributed by atoms with Crippen LogP contribution in [0.1, 0.15) is 52.4 Å². The topological polar surface area (TPSA) is 29.5 Å². The quantitative estimate of drug-likeness (QED) is 0.426. The van der Waals surface area contributed by atoms with Gasteiger partial charge >= 0.3 is 5.97 Å². The zero-order valence-electron chi connectivity index (χ0n) is 11.1. The molecule has 0 N–H and O–H groups in total. The standard InChI is InChI=1S/C13H27NO2/c1-4-6-7-8-9-11-14(3)12-10-13(15)16-5-2/h4-12H2,1-3H3. The molecule has 0 aliphatic heterocycles. The molecular formula is C13H27NO2. The number of hydrogen-bond donors (Lipinski definition) is 0. The summed E-state index contributed by atoms with van der Waals surface area (Å²) in [6.07, 6.45) is 7.02. The van der Waals surface area contributed by atoms with Gasteiger partial charge in [0.1, 0.15) is 0 Å². The molecule has 16 heavy (non-hydrogen) atoms. The molecule has 0 heterocycles. The van der Waals surface area contributed by atoms with Gasteiger partial charge in [-0.1, -0.05) is 32.6 Å². The van der Waals surface area contributed by atoms with Crippen LogP contribution in [0, 0.1) is 0 Å². The minimum atomic E-state index is -0.0830. The van der Waals surface area contributed by atoms with Gasteiger partial charge in [-0.05, 0) is 26.9 Å². The van der Waals surface area contributed by atoms with E-state index >= 15 is 0 Å². The normalized spacial score (nSPS) is 10.8. The number of carbonyl (C=O) groups is 1. The molecule has 0 atom stereocenters. The lowest BCUT2D eigenvalue weighted by Gasteiger charge is -2.15. The highest BCUT2D eigenvalue weighted by Gasteiger charge is 2.04. The van der Waals surface area contributed by atoms with Crippen LogP contribution < -0.4 is 0 Å². The van der Waals surface area contributed by atoms with Gasteiger partial charge in [-0.3, -0.25) is 4.79 Å². The molecule has 0 radical (unpaired) electrons. The van der Waals surface area contributed by atoms with Crippen LogP contribution in [0.2, 0.25) is 0 Å². The van der Waals surface area contributed by atoms with Gasteiger partial charge < -0.3 is 9.64 Å². The first-order chi connectivity index (χ1) is 7.70. The van der Waals surface area contributed by atoms with Crippen molar-refractivity contribution in [3.05, 3.63) is 0 Å². The Kier molecular flexibility index (Phi) is 10.5. The van der Waals surface area contributed by atoms with Crippen molar-refractivity contribution in [2.45, 2.75) is 52.4 Å². The number of unbranched alkanes of at least 4 members (excludes halogenated alkanes) is 4. The summed E-state index contributed by atoms with van der Waals surface area (Å²) in [5, 5.41) is 0. The van der Waals surface area contributed by atoms with Crippen molar-refractivity contribution in [1.29, 1.82) is 0 Å². The molecule has 0 fully saturated rings. The highest BCUT2D eigenvalue weighted by atomic mass is 16.5. The fourth-order valence-electron chi connectivity index (χ4n) is 1.61.